The number of rotatable bonds is 5. The van der Waals surface area contributed by atoms with Crippen LogP contribution >= 0.6 is 0 Å². The lowest BCUT2D eigenvalue weighted by atomic mass is 9.93. The smallest absolute Gasteiger partial charge is 0.303 e. The highest BCUT2D eigenvalue weighted by atomic mass is 16.7. The summed E-state index contributed by atoms with van der Waals surface area (Å²) in [5, 5.41) is 9.69. The van der Waals surface area contributed by atoms with E-state index < -0.39 is 66.8 Å². The number of carbonyl (C=O) groups excluding carboxylic acids is 3. The summed E-state index contributed by atoms with van der Waals surface area (Å²) in [7, 11) is 1.43. The molecule has 2 aromatic carbocycles. The number of methoxy groups -OCH3 is 1. The molecule has 198 valence electrons. The first-order valence-corrected chi connectivity index (χ1v) is 12.3. The van der Waals surface area contributed by atoms with Crippen LogP contribution < -0.4 is 4.90 Å². The molecule has 0 spiro atoms. The summed E-state index contributed by atoms with van der Waals surface area (Å²) in [6.45, 7) is 1.44. The van der Waals surface area contributed by atoms with Gasteiger partial charge in [0.25, 0.3) is 11.8 Å². The Morgan fingerprint density at radius 3 is 2.39 bits per heavy atom. The summed E-state index contributed by atoms with van der Waals surface area (Å²) < 4.78 is 29.8. The fraction of sp³-hybridized carbons (Fsp3) is 0.423. The van der Waals surface area contributed by atoms with Crippen molar-refractivity contribution in [2.24, 2.45) is 10.3 Å². The van der Waals surface area contributed by atoms with Gasteiger partial charge < -0.3 is 23.7 Å². The minimum Gasteiger partial charge on any atom is -0.457 e. The van der Waals surface area contributed by atoms with E-state index in [9.17, 15) is 14.4 Å². The van der Waals surface area contributed by atoms with Gasteiger partial charge in [-0.15, -0.1) is 0 Å². The molecule has 0 saturated carbocycles. The molecule has 3 fully saturated rings. The molecule has 4 heterocycles. The second-order valence-corrected chi connectivity index (χ2v) is 9.34. The van der Waals surface area contributed by atoms with Crippen LogP contribution in [0.2, 0.25) is 0 Å². The van der Waals surface area contributed by atoms with E-state index in [1.807, 2.05) is 30.3 Å². The summed E-state index contributed by atoms with van der Waals surface area (Å²) in [4.78, 5) is 40.2. The highest BCUT2D eigenvalue weighted by molar-refractivity contribution is 6.25. The lowest BCUT2D eigenvalue weighted by Crippen LogP contribution is -2.68. The molecule has 3 saturated heterocycles. The summed E-state index contributed by atoms with van der Waals surface area (Å²) in [5.41, 5.74) is 1.22. The van der Waals surface area contributed by atoms with E-state index in [1.54, 1.807) is 30.3 Å². The van der Waals surface area contributed by atoms with Crippen LogP contribution in [0.1, 0.15) is 18.8 Å². The highest BCUT2D eigenvalue weighted by Crippen LogP contribution is 2.41. The second-order valence-electron chi connectivity index (χ2n) is 9.34. The van der Waals surface area contributed by atoms with Gasteiger partial charge in [-0.05, 0) is 12.1 Å². The Morgan fingerprint density at radius 1 is 1.00 bits per heavy atom. The fourth-order valence-corrected chi connectivity index (χ4v) is 5.40. The normalized spacial score (nSPS) is 34.3. The van der Waals surface area contributed by atoms with E-state index in [4.69, 9.17) is 23.7 Å². The number of amides is 2. The molecule has 0 unspecified atom stereocenters. The number of hydrogen-bond donors (Lipinski definition) is 0. The Bertz CT molecular complexity index is 1240. The number of hydrogen-bond acceptors (Lipinski definition) is 11. The minimum atomic E-state index is -1.06. The zero-order chi connectivity index (χ0) is 26.4. The minimum absolute atomic E-state index is 0.154. The van der Waals surface area contributed by atoms with E-state index in [0.717, 1.165) is 10.5 Å². The molecule has 0 radical (unpaired) electrons. The molecule has 0 bridgehead atoms. The van der Waals surface area contributed by atoms with E-state index in [1.165, 1.54) is 19.0 Å². The van der Waals surface area contributed by atoms with E-state index in [2.05, 4.69) is 10.3 Å². The molecule has 38 heavy (non-hydrogen) atoms. The molecule has 0 N–H and O–H groups in total. The van der Waals surface area contributed by atoms with Gasteiger partial charge in [-0.3, -0.25) is 19.4 Å². The third kappa shape index (κ3) is 4.06. The second kappa shape index (κ2) is 9.87. The van der Waals surface area contributed by atoms with Gasteiger partial charge >= 0.3 is 5.97 Å². The molecule has 12 nitrogen and oxygen atoms in total. The van der Waals surface area contributed by atoms with Crippen molar-refractivity contribution in [2.45, 2.75) is 55.9 Å². The predicted octanol–water partition coefficient (Wildman–Crippen LogP) is 1.77. The van der Waals surface area contributed by atoms with Crippen LogP contribution in [0.4, 0.5) is 5.69 Å². The molecule has 4 aliphatic rings. The van der Waals surface area contributed by atoms with Crippen LogP contribution in [0.3, 0.4) is 0 Å². The average molecular weight is 523 g/mol. The van der Waals surface area contributed by atoms with Crippen LogP contribution in [0.15, 0.2) is 71.0 Å². The summed E-state index contributed by atoms with van der Waals surface area (Å²) >= 11 is 0. The Balaban J connectivity index is 1.33. The maximum Gasteiger partial charge on any atom is 0.303 e. The van der Waals surface area contributed by atoms with E-state index >= 15 is 0 Å². The van der Waals surface area contributed by atoms with Gasteiger partial charge in [0.2, 0.25) is 0 Å². The monoisotopic (exact) mass is 522 g/mol. The molecule has 6 rings (SSSR count). The van der Waals surface area contributed by atoms with Gasteiger partial charge in [0, 0.05) is 19.6 Å². The number of anilines is 1. The van der Waals surface area contributed by atoms with Crippen molar-refractivity contribution in [3.8, 4) is 0 Å². The van der Waals surface area contributed by atoms with Crippen molar-refractivity contribution in [1.29, 1.82) is 0 Å². The Hall–Kier alpha value is -3.71. The third-order valence-corrected chi connectivity index (χ3v) is 7.04. The first-order chi connectivity index (χ1) is 18.5. The van der Waals surface area contributed by atoms with Crippen LogP contribution in [-0.4, -0.2) is 79.2 Å². The molecule has 4 aliphatic heterocycles. The predicted molar refractivity (Wildman–Crippen MR) is 128 cm³/mol. The molecule has 0 aliphatic carbocycles. The first kappa shape index (κ1) is 24.6. The zero-order valence-corrected chi connectivity index (χ0v) is 20.7. The molecule has 2 aromatic rings. The van der Waals surface area contributed by atoms with Gasteiger partial charge in [-0.1, -0.05) is 53.8 Å². The number of carbonyl (C=O) groups is 3. The third-order valence-electron chi connectivity index (χ3n) is 7.04. The maximum absolute atomic E-state index is 13.6. The zero-order valence-electron chi connectivity index (χ0n) is 20.7. The number of fused-ring (bicyclic) bond motifs is 2. The summed E-state index contributed by atoms with van der Waals surface area (Å²) in [5.74, 6) is -1.55. The number of benzene rings is 2. The van der Waals surface area contributed by atoms with Crippen molar-refractivity contribution in [3.63, 3.8) is 0 Å². The Morgan fingerprint density at radius 2 is 1.71 bits per heavy atom. The molecule has 0 aromatic heterocycles. The van der Waals surface area contributed by atoms with Gasteiger partial charge in [-0.2, -0.15) is 5.11 Å². The largest absolute Gasteiger partial charge is 0.457 e. The lowest BCUT2D eigenvalue weighted by Gasteiger charge is -2.50. The van der Waals surface area contributed by atoms with Crippen molar-refractivity contribution in [3.05, 3.63) is 66.2 Å². The van der Waals surface area contributed by atoms with Crippen molar-refractivity contribution >= 4 is 23.5 Å². The Kier molecular flexibility index (Phi) is 6.40. The van der Waals surface area contributed by atoms with Crippen LogP contribution in [0, 0.1) is 0 Å². The SMILES string of the molecule is CO[C@H]1O[C@@H]2CO[C@@H](c3ccccc3)O[C@H]2[C@@H](OC(C)=O)[C@@H]1N1N=N[C@@H]2C(=O)N(c3ccccc3)C(=O)[C@@H]21. The van der Waals surface area contributed by atoms with Gasteiger partial charge in [0.15, 0.2) is 30.8 Å². The van der Waals surface area contributed by atoms with Crippen molar-refractivity contribution in [1.82, 2.24) is 5.01 Å². The van der Waals surface area contributed by atoms with Gasteiger partial charge in [0.1, 0.15) is 18.2 Å². The topological polar surface area (TPSA) is 129 Å². The van der Waals surface area contributed by atoms with Crippen LogP contribution in [0.25, 0.3) is 0 Å². The van der Waals surface area contributed by atoms with Crippen LogP contribution in [0.5, 0.6) is 0 Å². The lowest BCUT2D eigenvalue weighted by molar-refractivity contribution is -0.351. The fourth-order valence-electron chi connectivity index (χ4n) is 5.40. The summed E-state index contributed by atoms with van der Waals surface area (Å²) in [6.07, 6.45) is -4.10. The number of para-hydroxylation sites is 1. The molecular formula is C26H26N4O8. The van der Waals surface area contributed by atoms with Crippen molar-refractivity contribution in [2.75, 3.05) is 18.6 Å². The molecule has 8 atom stereocenters. The highest BCUT2D eigenvalue weighted by Gasteiger charge is 2.62. The maximum atomic E-state index is 13.6. The standard InChI is InChI=1S/C26H26N4O8/c1-14(31)36-22-20(26(34-2)37-17-13-35-25(38-21(17)22)15-9-5-3-6-10-15)30-19-18(27-28-30)23(32)29(24(19)33)16-11-7-4-8-12-16/h3-12,17-22,25-26H,13H2,1-2H3/t17-,18+,19-,20+,21-,22+,25-,26+/m1/s1. The van der Waals surface area contributed by atoms with E-state index in [-0.39, 0.29) is 6.61 Å². The number of ether oxygens (including phenoxy) is 5. The van der Waals surface area contributed by atoms with E-state index in [0.29, 0.717) is 5.69 Å². The van der Waals surface area contributed by atoms with Gasteiger partial charge in [0.05, 0.1) is 12.3 Å². The number of esters is 1. The summed E-state index contributed by atoms with van der Waals surface area (Å²) in [6, 6.07) is 14.9. The van der Waals surface area contributed by atoms with Crippen LogP contribution in [-0.2, 0) is 38.1 Å². The number of imide groups is 1. The number of nitrogens with zero attached hydrogens (tertiary/aromatic N) is 4. The van der Waals surface area contributed by atoms with Crippen molar-refractivity contribution < 1.29 is 38.1 Å². The molecular weight excluding hydrogens is 496 g/mol. The first-order valence-electron chi connectivity index (χ1n) is 12.3. The Labute approximate surface area is 218 Å². The quantitative estimate of drug-likeness (QED) is 0.426. The van der Waals surface area contributed by atoms with Gasteiger partial charge in [-0.25, -0.2) is 4.90 Å². The average Bonchev–Trinajstić information content (AvgIpc) is 3.48. The molecule has 2 amide bonds. The molecule has 12 heteroatoms.